The first-order valence-corrected chi connectivity index (χ1v) is 5.12. The van der Waals surface area contributed by atoms with Gasteiger partial charge in [0.1, 0.15) is 0 Å². The fourth-order valence-electron chi connectivity index (χ4n) is 0.947. The monoisotopic (exact) mass is 205 g/mol. The highest BCUT2D eigenvalue weighted by molar-refractivity contribution is 6.19. The van der Waals surface area contributed by atoms with Crippen LogP contribution in [0.25, 0.3) is 0 Å². The second-order valence-electron chi connectivity index (χ2n) is 3.54. The van der Waals surface area contributed by atoms with E-state index in [-0.39, 0.29) is 0 Å². The van der Waals surface area contributed by atoms with E-state index >= 15 is 0 Å². The second-order valence-corrected chi connectivity index (χ2v) is 3.81. The van der Waals surface area contributed by atoms with Crippen molar-refractivity contribution in [1.29, 1.82) is 0 Å². The van der Waals surface area contributed by atoms with Gasteiger partial charge in [0.2, 0.25) is 0 Å². The van der Waals surface area contributed by atoms with Gasteiger partial charge in [-0.3, -0.25) is 0 Å². The lowest BCUT2D eigenvalue weighted by molar-refractivity contribution is 0.0653. The van der Waals surface area contributed by atoms with Crippen molar-refractivity contribution in [2.75, 3.05) is 32.6 Å². The molecule has 2 nitrogen and oxygen atoms in total. The van der Waals surface area contributed by atoms with E-state index in [9.17, 15) is 0 Å². The molecule has 0 aliphatic rings. The Morgan fingerprint density at radius 1 is 1.54 bits per heavy atom. The second kappa shape index (κ2) is 7.36. The van der Waals surface area contributed by atoms with Crippen molar-refractivity contribution in [1.82, 2.24) is 4.90 Å². The van der Waals surface area contributed by atoms with E-state index in [0.717, 1.165) is 25.3 Å². The van der Waals surface area contributed by atoms with Crippen LogP contribution >= 0.6 is 11.6 Å². The van der Waals surface area contributed by atoms with Gasteiger partial charge in [-0.05, 0) is 26.5 Å². The lowest BCUT2D eigenvalue weighted by Gasteiger charge is -2.17. The predicted octanol–water partition coefficient (Wildman–Crippen LogP) is 2.14. The van der Waals surface area contributed by atoms with Gasteiger partial charge in [-0.25, -0.2) is 0 Å². The summed E-state index contributed by atoms with van der Waals surface area (Å²) in [6.07, 6.45) is 0.310. The van der Waals surface area contributed by atoms with Crippen LogP contribution in [-0.4, -0.2) is 43.6 Å². The molecule has 0 aliphatic carbocycles. The highest BCUT2D eigenvalue weighted by atomic mass is 35.5. The minimum absolute atomic E-state index is 0.310. The molecule has 0 bridgehead atoms. The fourth-order valence-corrected chi connectivity index (χ4v) is 1.03. The van der Waals surface area contributed by atoms with Crippen LogP contribution in [0.4, 0.5) is 0 Å². The molecule has 78 valence electrons. The summed E-state index contributed by atoms with van der Waals surface area (Å²) >= 11 is 5.62. The summed E-state index contributed by atoms with van der Waals surface area (Å²) in [7, 11) is 2.04. The molecule has 0 aromatic heterocycles. The Labute approximate surface area is 86.5 Å². The SMILES string of the molecule is C=C(CCl)CN(C)CCOC(C)C. The maximum atomic E-state index is 5.62. The smallest absolute Gasteiger partial charge is 0.0596 e. The van der Waals surface area contributed by atoms with Crippen LogP contribution in [0.3, 0.4) is 0 Å². The molecule has 0 aliphatic heterocycles. The molecule has 0 unspecified atom stereocenters. The van der Waals surface area contributed by atoms with Crippen molar-refractivity contribution < 1.29 is 4.74 Å². The number of nitrogens with zero attached hydrogens (tertiary/aromatic N) is 1. The Kier molecular flexibility index (Phi) is 7.33. The largest absolute Gasteiger partial charge is 0.377 e. The minimum Gasteiger partial charge on any atom is -0.377 e. The van der Waals surface area contributed by atoms with Gasteiger partial charge >= 0.3 is 0 Å². The Hall–Kier alpha value is -0.0500. The van der Waals surface area contributed by atoms with Crippen molar-refractivity contribution in [2.45, 2.75) is 20.0 Å². The van der Waals surface area contributed by atoms with Crippen molar-refractivity contribution in [3.05, 3.63) is 12.2 Å². The molecule has 0 fully saturated rings. The number of rotatable bonds is 7. The van der Waals surface area contributed by atoms with Crippen LogP contribution in [0.2, 0.25) is 0 Å². The lowest BCUT2D eigenvalue weighted by atomic mass is 10.3. The predicted molar refractivity (Wildman–Crippen MR) is 58.4 cm³/mol. The van der Waals surface area contributed by atoms with Crippen molar-refractivity contribution in [2.24, 2.45) is 0 Å². The summed E-state index contributed by atoms with van der Waals surface area (Å²) in [5.41, 5.74) is 1.05. The Balaban J connectivity index is 3.40. The van der Waals surface area contributed by atoms with E-state index in [0.29, 0.717) is 12.0 Å². The number of alkyl halides is 1. The van der Waals surface area contributed by atoms with E-state index in [2.05, 4.69) is 11.5 Å². The fraction of sp³-hybridized carbons (Fsp3) is 0.800. The lowest BCUT2D eigenvalue weighted by Crippen LogP contribution is -2.26. The quantitative estimate of drug-likeness (QED) is 0.467. The summed E-state index contributed by atoms with van der Waals surface area (Å²) in [6.45, 7) is 10.5. The Morgan fingerprint density at radius 2 is 2.15 bits per heavy atom. The standard InChI is InChI=1S/C10H20ClNO/c1-9(2)13-6-5-12(4)8-10(3)7-11/h9H,3,5-8H2,1-2,4H3. The van der Waals surface area contributed by atoms with Gasteiger partial charge in [0.25, 0.3) is 0 Å². The molecule has 0 radical (unpaired) electrons. The summed E-state index contributed by atoms with van der Waals surface area (Å²) in [5, 5.41) is 0. The van der Waals surface area contributed by atoms with E-state index in [1.165, 1.54) is 0 Å². The highest BCUT2D eigenvalue weighted by Crippen LogP contribution is 1.97. The van der Waals surface area contributed by atoms with Crippen LogP contribution in [0.15, 0.2) is 12.2 Å². The summed E-state index contributed by atoms with van der Waals surface area (Å²) < 4.78 is 5.42. The molecule has 0 rings (SSSR count). The van der Waals surface area contributed by atoms with E-state index in [4.69, 9.17) is 16.3 Å². The number of ether oxygens (including phenoxy) is 1. The number of likely N-dealkylation sites (N-methyl/N-ethyl adjacent to an activating group) is 1. The number of hydrogen-bond acceptors (Lipinski definition) is 2. The maximum Gasteiger partial charge on any atom is 0.0596 e. The number of hydrogen-bond donors (Lipinski definition) is 0. The molecule has 0 saturated heterocycles. The summed E-state index contributed by atoms with van der Waals surface area (Å²) in [4.78, 5) is 2.16. The average molecular weight is 206 g/mol. The van der Waals surface area contributed by atoms with Crippen LogP contribution in [0.5, 0.6) is 0 Å². The first-order chi connectivity index (χ1) is 6.06. The Morgan fingerprint density at radius 3 is 2.62 bits per heavy atom. The van der Waals surface area contributed by atoms with Gasteiger partial charge in [-0.15, -0.1) is 11.6 Å². The number of halogens is 1. The van der Waals surface area contributed by atoms with Crippen LogP contribution < -0.4 is 0 Å². The van der Waals surface area contributed by atoms with E-state index in [1.54, 1.807) is 0 Å². The third-order valence-electron chi connectivity index (χ3n) is 1.61. The molecule has 0 spiro atoms. The highest BCUT2D eigenvalue weighted by Gasteiger charge is 2.00. The molecule has 0 aromatic carbocycles. The molecule has 0 atom stereocenters. The third-order valence-corrected chi connectivity index (χ3v) is 1.98. The van der Waals surface area contributed by atoms with Crippen molar-refractivity contribution >= 4 is 11.6 Å². The molecular formula is C10H20ClNO. The molecular weight excluding hydrogens is 186 g/mol. The molecule has 13 heavy (non-hydrogen) atoms. The topological polar surface area (TPSA) is 12.5 Å². The molecule has 0 amide bonds. The van der Waals surface area contributed by atoms with E-state index in [1.807, 2.05) is 20.9 Å². The summed E-state index contributed by atoms with van der Waals surface area (Å²) in [5.74, 6) is 0.537. The zero-order chi connectivity index (χ0) is 10.3. The molecule has 0 aromatic rings. The van der Waals surface area contributed by atoms with Crippen molar-refractivity contribution in [3.8, 4) is 0 Å². The molecule has 0 saturated carbocycles. The zero-order valence-corrected chi connectivity index (χ0v) is 9.60. The normalized spacial score (nSPS) is 11.2. The van der Waals surface area contributed by atoms with Crippen LogP contribution in [0, 0.1) is 0 Å². The van der Waals surface area contributed by atoms with Gasteiger partial charge in [-0.1, -0.05) is 6.58 Å². The first-order valence-electron chi connectivity index (χ1n) is 4.59. The third kappa shape index (κ3) is 8.28. The zero-order valence-electron chi connectivity index (χ0n) is 8.85. The van der Waals surface area contributed by atoms with Gasteiger partial charge in [0.05, 0.1) is 12.7 Å². The van der Waals surface area contributed by atoms with Gasteiger partial charge in [-0.2, -0.15) is 0 Å². The van der Waals surface area contributed by atoms with Gasteiger partial charge in [0.15, 0.2) is 0 Å². The van der Waals surface area contributed by atoms with Gasteiger partial charge < -0.3 is 9.64 Å². The molecule has 0 heterocycles. The van der Waals surface area contributed by atoms with E-state index < -0.39 is 0 Å². The van der Waals surface area contributed by atoms with Gasteiger partial charge in [0, 0.05) is 19.0 Å². The van der Waals surface area contributed by atoms with Crippen LogP contribution in [0.1, 0.15) is 13.8 Å². The minimum atomic E-state index is 0.310. The average Bonchev–Trinajstić information content (AvgIpc) is 2.03. The van der Waals surface area contributed by atoms with Crippen molar-refractivity contribution in [3.63, 3.8) is 0 Å². The Bertz CT molecular complexity index is 148. The molecule has 3 heteroatoms. The first kappa shape index (κ1) is 12.9. The molecule has 0 N–H and O–H groups in total. The van der Waals surface area contributed by atoms with Crippen LogP contribution in [-0.2, 0) is 4.74 Å². The maximum absolute atomic E-state index is 5.62. The summed E-state index contributed by atoms with van der Waals surface area (Å²) in [6, 6.07) is 0.